The van der Waals surface area contributed by atoms with E-state index in [2.05, 4.69) is 22.2 Å². The molecule has 2 aliphatic rings. The molecule has 2 rings (SSSR count). The second kappa shape index (κ2) is 4.28. The van der Waals surface area contributed by atoms with Gasteiger partial charge < -0.3 is 10.1 Å². The number of rotatable bonds is 3. The topological polar surface area (TPSA) is 55.4 Å². The summed E-state index contributed by atoms with van der Waals surface area (Å²) in [4.78, 5) is 23.1. The van der Waals surface area contributed by atoms with Gasteiger partial charge in [0.2, 0.25) is 5.91 Å². The molecule has 1 amide bonds. The van der Waals surface area contributed by atoms with Crippen LogP contribution in [0.15, 0.2) is 12.2 Å². The summed E-state index contributed by atoms with van der Waals surface area (Å²) in [6, 6.07) is -0.555. The van der Waals surface area contributed by atoms with E-state index in [1.165, 1.54) is 7.11 Å². The van der Waals surface area contributed by atoms with E-state index in [0.717, 1.165) is 12.8 Å². The molecule has 16 heavy (non-hydrogen) atoms. The standard InChI is InChI=1S/C12H17NO3/c1-7(12(15)16-2)13-11(14)10-6-8-3-4-9(10)5-8/h3-4,7-10H,5-6H2,1-2H3,(H,13,14). The highest BCUT2D eigenvalue weighted by atomic mass is 16.5. The number of amides is 1. The van der Waals surface area contributed by atoms with Crippen molar-refractivity contribution in [2.75, 3.05) is 7.11 Å². The number of ether oxygens (including phenoxy) is 1. The number of carbonyl (C=O) groups is 2. The molecule has 0 aromatic carbocycles. The van der Waals surface area contributed by atoms with Crippen LogP contribution in [0, 0.1) is 17.8 Å². The van der Waals surface area contributed by atoms with Crippen molar-refractivity contribution >= 4 is 11.9 Å². The molecule has 4 heteroatoms. The molecule has 0 aliphatic heterocycles. The first-order chi connectivity index (χ1) is 7.61. The van der Waals surface area contributed by atoms with E-state index < -0.39 is 12.0 Å². The molecule has 1 fully saturated rings. The third-order valence-corrected chi connectivity index (χ3v) is 3.53. The Morgan fingerprint density at radius 1 is 1.38 bits per heavy atom. The number of carbonyl (C=O) groups excluding carboxylic acids is 2. The molecule has 4 atom stereocenters. The second-order valence-electron chi connectivity index (χ2n) is 4.64. The Bertz CT molecular complexity index is 337. The van der Waals surface area contributed by atoms with E-state index in [1.807, 2.05) is 0 Å². The quantitative estimate of drug-likeness (QED) is 0.570. The average molecular weight is 223 g/mol. The number of nitrogens with one attached hydrogen (secondary N) is 1. The predicted molar refractivity (Wildman–Crippen MR) is 58.5 cm³/mol. The lowest BCUT2D eigenvalue weighted by atomic mass is 9.92. The van der Waals surface area contributed by atoms with Crippen molar-refractivity contribution in [3.05, 3.63) is 12.2 Å². The van der Waals surface area contributed by atoms with Crippen LogP contribution >= 0.6 is 0 Å². The molecule has 0 spiro atoms. The van der Waals surface area contributed by atoms with Crippen LogP contribution in [-0.2, 0) is 14.3 Å². The Hall–Kier alpha value is -1.32. The van der Waals surface area contributed by atoms with Crippen LogP contribution in [0.5, 0.6) is 0 Å². The lowest BCUT2D eigenvalue weighted by Crippen LogP contribution is -2.43. The first kappa shape index (κ1) is 11.2. The third kappa shape index (κ3) is 1.96. The third-order valence-electron chi connectivity index (χ3n) is 3.53. The predicted octanol–water partition coefficient (Wildman–Crippen LogP) is 0.876. The van der Waals surface area contributed by atoms with Gasteiger partial charge in [0.25, 0.3) is 0 Å². The van der Waals surface area contributed by atoms with Crippen molar-refractivity contribution in [2.45, 2.75) is 25.8 Å². The number of allylic oxidation sites excluding steroid dienone is 2. The van der Waals surface area contributed by atoms with Gasteiger partial charge in [0.05, 0.1) is 7.11 Å². The smallest absolute Gasteiger partial charge is 0.328 e. The van der Waals surface area contributed by atoms with Crippen LogP contribution in [-0.4, -0.2) is 25.0 Å². The van der Waals surface area contributed by atoms with Gasteiger partial charge in [-0.25, -0.2) is 4.79 Å². The van der Waals surface area contributed by atoms with Gasteiger partial charge in [-0.05, 0) is 31.6 Å². The van der Waals surface area contributed by atoms with Crippen LogP contribution in [0.25, 0.3) is 0 Å². The SMILES string of the molecule is COC(=O)C(C)NC(=O)C1CC2C=CC1C2. The Labute approximate surface area is 95.0 Å². The highest BCUT2D eigenvalue weighted by Crippen LogP contribution is 2.43. The summed E-state index contributed by atoms with van der Waals surface area (Å²) in [5.74, 6) is 0.563. The van der Waals surface area contributed by atoms with Gasteiger partial charge in [0, 0.05) is 5.92 Å². The summed E-state index contributed by atoms with van der Waals surface area (Å²) in [6.45, 7) is 1.65. The van der Waals surface area contributed by atoms with Crippen LogP contribution in [0.3, 0.4) is 0 Å². The number of hydrogen-bond donors (Lipinski definition) is 1. The fourth-order valence-electron chi connectivity index (χ4n) is 2.64. The largest absolute Gasteiger partial charge is 0.467 e. The van der Waals surface area contributed by atoms with Crippen LogP contribution in [0.2, 0.25) is 0 Å². The molecule has 2 bridgehead atoms. The maximum Gasteiger partial charge on any atom is 0.328 e. The molecule has 0 aromatic heterocycles. The van der Waals surface area contributed by atoms with E-state index in [1.54, 1.807) is 6.92 Å². The molecule has 4 nitrogen and oxygen atoms in total. The van der Waals surface area contributed by atoms with E-state index in [0.29, 0.717) is 11.8 Å². The summed E-state index contributed by atoms with van der Waals surface area (Å²) in [5, 5.41) is 2.71. The van der Waals surface area contributed by atoms with Gasteiger partial charge in [-0.2, -0.15) is 0 Å². The van der Waals surface area contributed by atoms with Crippen molar-refractivity contribution in [1.29, 1.82) is 0 Å². The molecule has 1 N–H and O–H groups in total. The van der Waals surface area contributed by atoms with Crippen molar-refractivity contribution in [3.8, 4) is 0 Å². The van der Waals surface area contributed by atoms with Gasteiger partial charge in [0.15, 0.2) is 0 Å². The number of fused-ring (bicyclic) bond motifs is 2. The highest BCUT2D eigenvalue weighted by Gasteiger charge is 2.40. The summed E-state index contributed by atoms with van der Waals surface area (Å²) in [7, 11) is 1.32. The van der Waals surface area contributed by atoms with Crippen LogP contribution in [0.1, 0.15) is 19.8 Å². The Balaban J connectivity index is 1.89. The zero-order valence-corrected chi connectivity index (χ0v) is 9.60. The zero-order chi connectivity index (χ0) is 11.7. The lowest BCUT2D eigenvalue weighted by molar-refractivity contribution is -0.145. The first-order valence-electron chi connectivity index (χ1n) is 5.68. The first-order valence-corrected chi connectivity index (χ1v) is 5.68. The Morgan fingerprint density at radius 2 is 2.12 bits per heavy atom. The molecule has 0 saturated heterocycles. The van der Waals surface area contributed by atoms with E-state index in [9.17, 15) is 9.59 Å². The monoisotopic (exact) mass is 223 g/mol. The van der Waals surface area contributed by atoms with Gasteiger partial charge in [0.1, 0.15) is 6.04 Å². The summed E-state index contributed by atoms with van der Waals surface area (Å²) in [5.41, 5.74) is 0. The average Bonchev–Trinajstić information content (AvgIpc) is 2.89. The van der Waals surface area contributed by atoms with Gasteiger partial charge in [-0.1, -0.05) is 12.2 Å². The molecule has 0 aromatic rings. The molecule has 88 valence electrons. The molecule has 0 radical (unpaired) electrons. The highest BCUT2D eigenvalue weighted by molar-refractivity contribution is 5.86. The number of hydrogen-bond acceptors (Lipinski definition) is 3. The summed E-state index contributed by atoms with van der Waals surface area (Å²) < 4.78 is 4.57. The van der Waals surface area contributed by atoms with Gasteiger partial charge in [-0.15, -0.1) is 0 Å². The fraction of sp³-hybridized carbons (Fsp3) is 0.667. The molecular formula is C12H17NO3. The van der Waals surface area contributed by atoms with E-state index >= 15 is 0 Å². The molecule has 1 saturated carbocycles. The molecule has 4 unspecified atom stereocenters. The van der Waals surface area contributed by atoms with Gasteiger partial charge in [-0.3, -0.25) is 4.79 Å². The molecule has 2 aliphatic carbocycles. The van der Waals surface area contributed by atoms with Crippen LogP contribution < -0.4 is 5.32 Å². The van der Waals surface area contributed by atoms with E-state index in [-0.39, 0.29) is 11.8 Å². The summed E-state index contributed by atoms with van der Waals surface area (Å²) >= 11 is 0. The van der Waals surface area contributed by atoms with E-state index in [4.69, 9.17) is 0 Å². The minimum absolute atomic E-state index is 0.0187. The molecular weight excluding hydrogens is 206 g/mol. The normalized spacial score (nSPS) is 32.5. The zero-order valence-electron chi connectivity index (χ0n) is 9.60. The van der Waals surface area contributed by atoms with Crippen molar-refractivity contribution < 1.29 is 14.3 Å². The Morgan fingerprint density at radius 3 is 2.62 bits per heavy atom. The minimum Gasteiger partial charge on any atom is -0.467 e. The second-order valence-corrected chi connectivity index (χ2v) is 4.64. The Kier molecular flexibility index (Phi) is 2.99. The van der Waals surface area contributed by atoms with Crippen molar-refractivity contribution in [1.82, 2.24) is 5.32 Å². The number of esters is 1. The lowest BCUT2D eigenvalue weighted by Gasteiger charge is -2.19. The number of methoxy groups -OCH3 is 1. The molecule has 0 heterocycles. The minimum atomic E-state index is -0.555. The van der Waals surface area contributed by atoms with Crippen molar-refractivity contribution in [2.24, 2.45) is 17.8 Å². The fourth-order valence-corrected chi connectivity index (χ4v) is 2.64. The van der Waals surface area contributed by atoms with Crippen molar-refractivity contribution in [3.63, 3.8) is 0 Å². The summed E-state index contributed by atoms with van der Waals surface area (Å²) in [6.07, 6.45) is 6.32. The maximum absolute atomic E-state index is 11.9. The van der Waals surface area contributed by atoms with Gasteiger partial charge >= 0.3 is 5.97 Å². The maximum atomic E-state index is 11.9. The van der Waals surface area contributed by atoms with Crippen LogP contribution in [0.4, 0.5) is 0 Å².